The summed E-state index contributed by atoms with van der Waals surface area (Å²) in [7, 11) is 3.32. The van der Waals surface area contributed by atoms with E-state index in [4.69, 9.17) is 9.47 Å². The third-order valence-corrected chi connectivity index (χ3v) is 5.13. The number of methoxy groups -OCH3 is 1. The molecule has 0 bridgehead atoms. The van der Waals surface area contributed by atoms with Crippen molar-refractivity contribution in [2.45, 2.75) is 0 Å². The van der Waals surface area contributed by atoms with Crippen molar-refractivity contribution in [1.82, 2.24) is 14.5 Å². The summed E-state index contributed by atoms with van der Waals surface area (Å²) < 4.78 is 13.9. The molecule has 0 N–H and O–H groups in total. The van der Waals surface area contributed by atoms with Gasteiger partial charge in [0, 0.05) is 43.8 Å². The molecule has 27 heavy (non-hydrogen) atoms. The van der Waals surface area contributed by atoms with Crippen molar-refractivity contribution >= 4 is 27.2 Å². The van der Waals surface area contributed by atoms with E-state index in [9.17, 15) is 10.1 Å². The smallest absolute Gasteiger partial charge is 0.311 e. The van der Waals surface area contributed by atoms with Crippen LogP contribution in [0.5, 0.6) is 17.2 Å². The summed E-state index contributed by atoms with van der Waals surface area (Å²) in [6.07, 6.45) is 5.29. The summed E-state index contributed by atoms with van der Waals surface area (Å²) in [4.78, 5) is 20.3. The van der Waals surface area contributed by atoms with Crippen LogP contribution in [-0.2, 0) is 7.05 Å². The van der Waals surface area contributed by atoms with Gasteiger partial charge in [0.2, 0.25) is 5.75 Å². The molecule has 0 unspecified atom stereocenters. The Balaban J connectivity index is 1.73. The maximum absolute atomic E-state index is 11.0. The van der Waals surface area contributed by atoms with Crippen molar-refractivity contribution in [2.75, 3.05) is 7.11 Å². The lowest BCUT2D eigenvalue weighted by atomic mass is 10.2. The van der Waals surface area contributed by atoms with Crippen LogP contribution in [0.15, 0.2) is 48.9 Å². The molecule has 3 heterocycles. The van der Waals surface area contributed by atoms with E-state index in [0.29, 0.717) is 11.5 Å². The van der Waals surface area contributed by atoms with Crippen molar-refractivity contribution in [1.29, 1.82) is 0 Å². The van der Waals surface area contributed by atoms with Crippen LogP contribution in [0, 0.1) is 10.1 Å². The summed E-state index contributed by atoms with van der Waals surface area (Å²) >= 11 is 1.52. The van der Waals surface area contributed by atoms with Gasteiger partial charge in [-0.25, -0.2) is 4.98 Å². The molecule has 0 aliphatic carbocycles. The summed E-state index contributed by atoms with van der Waals surface area (Å²) in [5, 5.41) is 11.0. The van der Waals surface area contributed by atoms with Gasteiger partial charge in [0.1, 0.15) is 17.3 Å². The molecule has 9 heteroatoms. The average Bonchev–Trinajstić information content (AvgIpc) is 3.27. The largest absolute Gasteiger partial charge is 0.490 e. The van der Waals surface area contributed by atoms with E-state index in [-0.39, 0.29) is 11.4 Å². The Bertz CT molecular complexity index is 1150. The highest BCUT2D eigenvalue weighted by Gasteiger charge is 2.17. The van der Waals surface area contributed by atoms with Crippen LogP contribution in [0.4, 0.5) is 5.69 Å². The van der Waals surface area contributed by atoms with Crippen LogP contribution < -0.4 is 9.47 Å². The number of rotatable bonds is 5. The van der Waals surface area contributed by atoms with Crippen LogP contribution in [0.25, 0.3) is 20.9 Å². The topological polar surface area (TPSA) is 92.3 Å². The lowest BCUT2D eigenvalue weighted by Crippen LogP contribution is -1.94. The van der Waals surface area contributed by atoms with Gasteiger partial charge in [-0.1, -0.05) is 0 Å². The number of fused-ring (bicyclic) bond motifs is 1. The zero-order valence-corrected chi connectivity index (χ0v) is 15.3. The first-order valence-electron chi connectivity index (χ1n) is 7.93. The molecule has 3 aromatic heterocycles. The van der Waals surface area contributed by atoms with E-state index in [0.717, 1.165) is 20.9 Å². The Morgan fingerprint density at radius 2 is 2.00 bits per heavy atom. The van der Waals surface area contributed by atoms with Crippen molar-refractivity contribution < 1.29 is 14.4 Å². The van der Waals surface area contributed by atoms with E-state index >= 15 is 0 Å². The number of thiophene rings is 1. The van der Waals surface area contributed by atoms with Gasteiger partial charge in [0.05, 0.1) is 27.1 Å². The minimum atomic E-state index is -0.494. The number of ether oxygens (including phenoxy) is 2. The Morgan fingerprint density at radius 3 is 2.70 bits per heavy atom. The van der Waals surface area contributed by atoms with Crippen LogP contribution in [0.1, 0.15) is 0 Å². The Hall–Kier alpha value is -3.46. The molecule has 0 atom stereocenters. The number of hydrogen-bond acceptors (Lipinski definition) is 7. The average molecular weight is 382 g/mol. The van der Waals surface area contributed by atoms with Gasteiger partial charge in [0.15, 0.2) is 0 Å². The number of pyridine rings is 1. The zero-order valence-electron chi connectivity index (χ0n) is 14.4. The molecule has 136 valence electrons. The zero-order chi connectivity index (χ0) is 19.0. The number of benzene rings is 1. The highest BCUT2D eigenvalue weighted by Crippen LogP contribution is 2.40. The number of aromatic nitrogens is 3. The molecule has 4 rings (SSSR count). The molecular formula is C18H14N4O4S. The van der Waals surface area contributed by atoms with Gasteiger partial charge >= 0.3 is 5.69 Å². The third-order valence-electron chi connectivity index (χ3n) is 3.99. The van der Waals surface area contributed by atoms with E-state index in [2.05, 4.69) is 9.97 Å². The first kappa shape index (κ1) is 17.0. The van der Waals surface area contributed by atoms with Gasteiger partial charge in [-0.3, -0.25) is 15.1 Å². The molecule has 0 radical (unpaired) electrons. The minimum Gasteiger partial charge on any atom is -0.490 e. The molecule has 8 nitrogen and oxygen atoms in total. The quantitative estimate of drug-likeness (QED) is 0.375. The van der Waals surface area contributed by atoms with Gasteiger partial charge < -0.3 is 14.0 Å². The predicted molar refractivity (Wildman–Crippen MR) is 102 cm³/mol. The SMILES string of the molecule is COc1cc(Oc2ccnc3cc(-c4nccn4C)sc23)ccc1[N+](=O)[O-]. The lowest BCUT2D eigenvalue weighted by molar-refractivity contribution is -0.385. The molecule has 0 amide bonds. The number of hydrogen-bond donors (Lipinski definition) is 0. The van der Waals surface area contributed by atoms with E-state index in [1.54, 1.807) is 24.5 Å². The normalized spacial score (nSPS) is 10.9. The number of nitro benzene ring substituents is 1. The summed E-state index contributed by atoms with van der Waals surface area (Å²) in [6, 6.07) is 8.12. The van der Waals surface area contributed by atoms with E-state index < -0.39 is 4.92 Å². The fraction of sp³-hybridized carbons (Fsp3) is 0.111. The number of nitro groups is 1. The first-order chi connectivity index (χ1) is 13.1. The van der Waals surface area contributed by atoms with Crippen molar-refractivity contribution in [2.24, 2.45) is 7.05 Å². The van der Waals surface area contributed by atoms with Gasteiger partial charge in [-0.2, -0.15) is 0 Å². The standard InChI is InChI=1S/C18H14N4O4S/c1-21-8-7-20-18(21)16-10-12-17(27-16)14(5-6-19-12)26-11-3-4-13(22(23)24)15(9-11)25-2/h3-10H,1-2H3. The van der Waals surface area contributed by atoms with Gasteiger partial charge in [0.25, 0.3) is 0 Å². The fourth-order valence-corrected chi connectivity index (χ4v) is 3.81. The maximum atomic E-state index is 11.0. The highest BCUT2D eigenvalue weighted by atomic mass is 32.1. The fourth-order valence-electron chi connectivity index (χ4n) is 2.71. The van der Waals surface area contributed by atoms with Crippen LogP contribution in [-0.4, -0.2) is 26.6 Å². The van der Waals surface area contributed by atoms with Crippen molar-refractivity contribution in [3.05, 3.63) is 59.0 Å². The Morgan fingerprint density at radius 1 is 1.15 bits per heavy atom. The molecule has 0 aliphatic rings. The van der Waals surface area contributed by atoms with Crippen LogP contribution >= 0.6 is 11.3 Å². The molecule has 1 aromatic carbocycles. The highest BCUT2D eigenvalue weighted by molar-refractivity contribution is 7.22. The second-order valence-electron chi connectivity index (χ2n) is 5.69. The summed E-state index contributed by atoms with van der Waals surface area (Å²) in [5.74, 6) is 2.04. The summed E-state index contributed by atoms with van der Waals surface area (Å²) in [5.41, 5.74) is 0.683. The van der Waals surface area contributed by atoms with E-state index in [1.165, 1.54) is 30.6 Å². The number of imidazole rings is 1. The van der Waals surface area contributed by atoms with Crippen LogP contribution in [0.3, 0.4) is 0 Å². The second-order valence-corrected chi connectivity index (χ2v) is 6.74. The van der Waals surface area contributed by atoms with Crippen LogP contribution in [0.2, 0.25) is 0 Å². The lowest BCUT2D eigenvalue weighted by Gasteiger charge is -2.08. The van der Waals surface area contributed by atoms with Gasteiger partial charge in [-0.05, 0) is 12.1 Å². The number of nitrogens with zero attached hydrogens (tertiary/aromatic N) is 4. The Labute approximate surface area is 157 Å². The summed E-state index contributed by atoms with van der Waals surface area (Å²) in [6.45, 7) is 0. The molecule has 0 saturated carbocycles. The first-order valence-corrected chi connectivity index (χ1v) is 8.75. The maximum Gasteiger partial charge on any atom is 0.311 e. The van der Waals surface area contributed by atoms with Crippen molar-refractivity contribution in [3.8, 4) is 28.0 Å². The number of aryl methyl sites for hydroxylation is 1. The molecular weight excluding hydrogens is 368 g/mol. The monoisotopic (exact) mass is 382 g/mol. The van der Waals surface area contributed by atoms with Gasteiger partial charge in [-0.15, -0.1) is 11.3 Å². The second kappa shape index (κ2) is 6.69. The molecule has 0 saturated heterocycles. The Kier molecular flexibility index (Phi) is 4.21. The van der Waals surface area contributed by atoms with Crippen molar-refractivity contribution in [3.63, 3.8) is 0 Å². The molecule has 0 aliphatic heterocycles. The molecule has 0 fully saturated rings. The predicted octanol–water partition coefficient (Wildman–Crippen LogP) is 4.41. The molecule has 0 spiro atoms. The molecule has 4 aromatic rings. The van der Waals surface area contributed by atoms with E-state index in [1.807, 2.05) is 23.9 Å². The minimum absolute atomic E-state index is 0.113. The third kappa shape index (κ3) is 3.08.